The minimum atomic E-state index is -0.385. The van der Waals surface area contributed by atoms with Crippen LogP contribution in [0.3, 0.4) is 0 Å². The lowest BCUT2D eigenvalue weighted by Gasteiger charge is -1.98. The molecular weight excluding hydrogens is 144 g/mol. The van der Waals surface area contributed by atoms with Gasteiger partial charge in [-0.2, -0.15) is 0 Å². The summed E-state index contributed by atoms with van der Waals surface area (Å²) in [6.45, 7) is 0. The van der Waals surface area contributed by atoms with E-state index in [0.717, 1.165) is 0 Å². The van der Waals surface area contributed by atoms with Gasteiger partial charge in [0.05, 0.1) is 9.60 Å². The summed E-state index contributed by atoms with van der Waals surface area (Å²) >= 11 is 0. The second-order valence-corrected chi connectivity index (χ2v) is 2.22. The van der Waals surface area contributed by atoms with Crippen LogP contribution in [-0.4, -0.2) is 0 Å². The number of hydrogen-bond donors (Lipinski definition) is 0. The van der Waals surface area contributed by atoms with Crippen molar-refractivity contribution in [3.05, 3.63) is 60.5 Å². The van der Waals surface area contributed by atoms with E-state index in [9.17, 15) is 0 Å². The molecular formula is C12H10. The molecule has 58 valence electrons. The smallest absolute Gasteiger partial charge is 0.0622 e. The van der Waals surface area contributed by atoms with Gasteiger partial charge in [-0.3, -0.25) is 0 Å². The molecule has 0 aromatic heterocycles. The van der Waals surface area contributed by atoms with Gasteiger partial charge in [0.25, 0.3) is 0 Å². The van der Waals surface area contributed by atoms with Crippen molar-refractivity contribution in [2.45, 2.75) is 0 Å². The molecule has 0 nitrogen and oxygen atoms in total. The molecule has 0 aliphatic rings. The average molecular weight is 161 g/mol. The van der Waals surface area contributed by atoms with Crippen molar-refractivity contribution in [1.82, 2.24) is 0 Å². The largest absolute Gasteiger partial charge is 0.0629 e. The molecule has 0 saturated carbocycles. The molecule has 0 heteroatoms. The Kier molecular flexibility index (Phi) is 0.735. The van der Waals surface area contributed by atoms with Crippen LogP contribution in [-0.2, 0) is 0 Å². The molecule has 2 aromatic carbocycles. The van der Waals surface area contributed by atoms with Crippen LogP contribution in [0.15, 0.2) is 60.5 Å². The van der Waals surface area contributed by atoms with Crippen molar-refractivity contribution >= 4 is 0 Å². The Morgan fingerprint density at radius 3 is 2.42 bits per heavy atom. The molecule has 0 N–H and O–H groups in total. The summed E-state index contributed by atoms with van der Waals surface area (Å²) < 4.78 is 53.4. The van der Waals surface area contributed by atoms with Gasteiger partial charge >= 0.3 is 0 Å². The lowest BCUT2D eigenvalue weighted by molar-refractivity contribution is 1.62. The van der Waals surface area contributed by atoms with E-state index in [4.69, 9.17) is 9.60 Å². The van der Waals surface area contributed by atoms with E-state index in [1.807, 2.05) is 0 Å². The van der Waals surface area contributed by atoms with Crippen molar-refractivity contribution < 1.29 is 9.60 Å². The summed E-state index contributed by atoms with van der Waals surface area (Å²) in [7, 11) is 0. The topological polar surface area (TPSA) is 0 Å². The van der Waals surface area contributed by atoms with E-state index in [1.54, 1.807) is 0 Å². The third kappa shape index (κ3) is 1.37. The zero-order valence-electron chi connectivity index (χ0n) is 13.2. The molecule has 0 radical (unpaired) electrons. The lowest BCUT2D eigenvalue weighted by Crippen LogP contribution is -1.73. The van der Waals surface area contributed by atoms with Gasteiger partial charge in [0.15, 0.2) is 0 Å². The first-order valence-electron chi connectivity index (χ1n) is 6.98. The van der Waals surface area contributed by atoms with E-state index >= 15 is 0 Å². The number of hydrogen-bond acceptors (Lipinski definition) is 0. The number of benzene rings is 2. The van der Waals surface area contributed by atoms with Gasteiger partial charge < -0.3 is 0 Å². The Hall–Kier alpha value is -1.56. The molecule has 12 heavy (non-hydrogen) atoms. The van der Waals surface area contributed by atoms with Crippen molar-refractivity contribution in [2.75, 3.05) is 0 Å². The van der Waals surface area contributed by atoms with Crippen LogP contribution in [0.5, 0.6) is 0 Å². The Bertz CT molecular complexity index is 664. The molecule has 0 aliphatic heterocycles. The van der Waals surface area contributed by atoms with E-state index in [0.29, 0.717) is 0 Å². The average Bonchev–Trinajstić information content (AvgIpc) is 2.36. The summed E-state index contributed by atoms with van der Waals surface area (Å²) in [5.74, 6) is 0. The highest BCUT2D eigenvalue weighted by atomic mass is 14.0. The predicted octanol–water partition coefficient (Wildman–Crippen LogP) is 3.35. The molecule has 0 heterocycles. The summed E-state index contributed by atoms with van der Waals surface area (Å²) in [5.41, 5.74) is 0.308. The quantitative estimate of drug-likeness (QED) is 0.601. The molecule has 0 atom stereocenters. The zero-order chi connectivity index (χ0) is 14.3. The molecule has 0 saturated heterocycles. The van der Waals surface area contributed by atoms with E-state index in [-0.39, 0.29) is 53.4 Å². The maximum atomic E-state index is 7.81. The second kappa shape index (κ2) is 3.22. The van der Waals surface area contributed by atoms with Gasteiger partial charge in [0, 0.05) is 0 Å². The zero-order valence-corrected chi connectivity index (χ0v) is 6.23. The van der Waals surface area contributed by atoms with Gasteiger partial charge in [0.1, 0.15) is 0 Å². The minimum absolute atomic E-state index is 0.0309. The Balaban J connectivity index is 2.80. The first-order valence-corrected chi connectivity index (χ1v) is 3.48. The van der Waals surface area contributed by atoms with Gasteiger partial charge in [-0.05, 0) is 11.1 Å². The molecule has 2 aromatic rings. The summed E-state index contributed by atoms with van der Waals surface area (Å²) in [4.78, 5) is 0. The fourth-order valence-corrected chi connectivity index (χ4v) is 0.886. The molecule has 0 amide bonds. The molecule has 0 bridgehead atoms. The molecule has 0 fully saturated rings. The van der Waals surface area contributed by atoms with Crippen LogP contribution >= 0.6 is 0 Å². The van der Waals surface area contributed by atoms with Gasteiger partial charge in [-0.15, -0.1) is 0 Å². The van der Waals surface area contributed by atoms with Gasteiger partial charge in [-0.25, -0.2) is 0 Å². The first kappa shape index (κ1) is 2.74. The molecule has 0 aliphatic carbocycles. The Labute approximate surface area is 82.3 Å². The highest BCUT2D eigenvalue weighted by Crippen LogP contribution is 2.17. The van der Waals surface area contributed by atoms with Crippen molar-refractivity contribution in [3.8, 4) is 11.1 Å². The fourth-order valence-electron chi connectivity index (χ4n) is 0.886. The van der Waals surface area contributed by atoms with E-state index in [2.05, 4.69) is 0 Å². The molecule has 2 rings (SSSR count). The van der Waals surface area contributed by atoms with Crippen LogP contribution in [0, 0.1) is 0 Å². The molecule has 0 spiro atoms. The third-order valence-corrected chi connectivity index (χ3v) is 1.43. The van der Waals surface area contributed by atoms with Crippen LogP contribution in [0.2, 0.25) is 0 Å². The minimum Gasteiger partial charge on any atom is -0.0622 e. The van der Waals surface area contributed by atoms with Gasteiger partial charge in [-0.1, -0.05) is 60.5 Å². The Morgan fingerprint density at radius 1 is 0.750 bits per heavy atom. The third-order valence-electron chi connectivity index (χ3n) is 1.43. The van der Waals surface area contributed by atoms with Crippen LogP contribution < -0.4 is 0 Å². The van der Waals surface area contributed by atoms with Crippen LogP contribution in [0.1, 0.15) is 9.60 Å². The first-order chi connectivity index (χ1) is 8.82. The summed E-state index contributed by atoms with van der Waals surface area (Å²) in [6.07, 6.45) is 0. The van der Waals surface area contributed by atoms with Crippen molar-refractivity contribution in [2.24, 2.45) is 0 Å². The maximum Gasteiger partial charge on any atom is 0.0629 e. The summed E-state index contributed by atoms with van der Waals surface area (Å²) in [6, 6.07) is 2.32. The van der Waals surface area contributed by atoms with Crippen molar-refractivity contribution in [3.63, 3.8) is 0 Å². The van der Waals surface area contributed by atoms with Crippen LogP contribution in [0.25, 0.3) is 11.1 Å². The highest BCUT2D eigenvalue weighted by Gasteiger charge is 1.91. The van der Waals surface area contributed by atoms with E-state index in [1.165, 1.54) is 18.2 Å². The monoisotopic (exact) mass is 161 g/mol. The fraction of sp³-hybridized carbons (Fsp3) is 0. The lowest BCUT2D eigenvalue weighted by atomic mass is 10.1. The normalized spacial score (nSPS) is 17.8. The standard InChI is InChI=1S/C12H10/c1-3-7-11(8-4-1)12-9-5-2-6-10-12/h1-10H/i1D,3D,4D,5D,6D,7D,9D. The van der Waals surface area contributed by atoms with Crippen molar-refractivity contribution in [1.29, 1.82) is 0 Å². The maximum absolute atomic E-state index is 7.81. The second-order valence-electron chi connectivity index (χ2n) is 2.22. The van der Waals surface area contributed by atoms with Gasteiger partial charge in [0.2, 0.25) is 0 Å². The SMILES string of the molecule is [2H]c1cc([2H])c([2H])c(-c2cc([2H])c([2H])c([2H])c2[2H])c1. The summed E-state index contributed by atoms with van der Waals surface area (Å²) in [5, 5.41) is 0. The Morgan fingerprint density at radius 2 is 1.50 bits per heavy atom. The predicted molar refractivity (Wildman–Crippen MR) is 51.9 cm³/mol. The number of rotatable bonds is 1. The van der Waals surface area contributed by atoms with E-state index < -0.39 is 0 Å². The van der Waals surface area contributed by atoms with Crippen LogP contribution in [0.4, 0.5) is 0 Å². The molecule has 0 unspecified atom stereocenters. The highest BCUT2D eigenvalue weighted by molar-refractivity contribution is 5.62.